The first-order chi connectivity index (χ1) is 14.2. The van der Waals surface area contributed by atoms with Crippen molar-refractivity contribution < 1.29 is 9.47 Å². The Morgan fingerprint density at radius 1 is 1.14 bits per heavy atom. The second-order valence-electron chi connectivity index (χ2n) is 8.63. The van der Waals surface area contributed by atoms with Crippen LogP contribution in [0.5, 0.6) is 5.75 Å². The molecule has 152 valence electrons. The third-order valence-electron chi connectivity index (χ3n) is 6.58. The van der Waals surface area contributed by atoms with Crippen LogP contribution < -0.4 is 15.0 Å². The summed E-state index contributed by atoms with van der Waals surface area (Å²) in [5.74, 6) is 1.93. The van der Waals surface area contributed by atoms with Crippen LogP contribution >= 0.6 is 0 Å². The largest absolute Gasteiger partial charge is 0.489 e. The van der Waals surface area contributed by atoms with Crippen molar-refractivity contribution >= 4 is 11.4 Å². The zero-order valence-corrected chi connectivity index (χ0v) is 17.3. The standard InChI is InChI=1S/C25H30N2O2/c1-27(2)18-13-11-17(12-14-18)24-21-8-3-7-20(21)22-9-4-10-23(25(22)26-24)29-16-19-6-5-15-28-19/h3-4,7,9-14,19-21,24,26H,5-6,8,15-16H2,1-2H3. The van der Waals surface area contributed by atoms with E-state index in [2.05, 4.69) is 78.9 Å². The smallest absolute Gasteiger partial charge is 0.142 e. The molecule has 1 saturated heterocycles. The Kier molecular flexibility index (Phi) is 4.96. The molecule has 4 atom stereocenters. The second kappa shape index (κ2) is 7.75. The van der Waals surface area contributed by atoms with Crippen molar-refractivity contribution in [3.05, 3.63) is 65.7 Å². The van der Waals surface area contributed by atoms with E-state index in [1.54, 1.807) is 0 Å². The number of hydrogen-bond acceptors (Lipinski definition) is 4. The lowest BCUT2D eigenvalue weighted by Gasteiger charge is -2.38. The fourth-order valence-electron chi connectivity index (χ4n) is 4.98. The van der Waals surface area contributed by atoms with Crippen LogP contribution in [0.25, 0.3) is 0 Å². The van der Waals surface area contributed by atoms with Crippen molar-refractivity contribution in [1.82, 2.24) is 0 Å². The summed E-state index contributed by atoms with van der Waals surface area (Å²) in [7, 11) is 4.16. The molecule has 3 aliphatic rings. The number of rotatable bonds is 5. The van der Waals surface area contributed by atoms with Gasteiger partial charge in [0, 0.05) is 32.3 Å². The average molecular weight is 391 g/mol. The first-order valence-corrected chi connectivity index (χ1v) is 10.8. The van der Waals surface area contributed by atoms with Gasteiger partial charge in [0.15, 0.2) is 0 Å². The van der Waals surface area contributed by atoms with Crippen molar-refractivity contribution in [2.45, 2.75) is 37.3 Å². The van der Waals surface area contributed by atoms with Gasteiger partial charge in [0.05, 0.1) is 17.8 Å². The van der Waals surface area contributed by atoms with Crippen molar-refractivity contribution in [3.63, 3.8) is 0 Å². The lowest BCUT2D eigenvalue weighted by atomic mass is 9.77. The number of para-hydroxylation sites is 1. The molecule has 0 radical (unpaired) electrons. The van der Waals surface area contributed by atoms with Crippen LogP contribution in [0.3, 0.4) is 0 Å². The van der Waals surface area contributed by atoms with Gasteiger partial charge in [-0.2, -0.15) is 0 Å². The number of nitrogens with one attached hydrogen (secondary N) is 1. The number of fused-ring (bicyclic) bond motifs is 3. The summed E-state index contributed by atoms with van der Waals surface area (Å²) in [5, 5.41) is 3.86. The van der Waals surface area contributed by atoms with Gasteiger partial charge in [0.1, 0.15) is 12.4 Å². The SMILES string of the molecule is CN(C)c1ccc(C2Nc3c(OCC4CCCO4)cccc3C3C=CCC32)cc1. The molecule has 0 amide bonds. The molecular weight excluding hydrogens is 360 g/mol. The van der Waals surface area contributed by atoms with Crippen molar-refractivity contribution in [1.29, 1.82) is 0 Å². The third kappa shape index (κ3) is 3.51. The summed E-state index contributed by atoms with van der Waals surface area (Å²) in [6.45, 7) is 1.49. The molecule has 4 nitrogen and oxygen atoms in total. The third-order valence-corrected chi connectivity index (χ3v) is 6.58. The van der Waals surface area contributed by atoms with Gasteiger partial charge >= 0.3 is 0 Å². The highest BCUT2D eigenvalue weighted by atomic mass is 16.5. The predicted octanol–water partition coefficient (Wildman–Crippen LogP) is 5.14. The van der Waals surface area contributed by atoms with Gasteiger partial charge in [0.2, 0.25) is 0 Å². The maximum absolute atomic E-state index is 6.25. The van der Waals surface area contributed by atoms with E-state index in [4.69, 9.17) is 9.47 Å². The predicted molar refractivity (Wildman–Crippen MR) is 118 cm³/mol. The van der Waals surface area contributed by atoms with Gasteiger partial charge in [-0.15, -0.1) is 0 Å². The molecule has 4 heteroatoms. The number of hydrogen-bond donors (Lipinski definition) is 1. The first kappa shape index (κ1) is 18.6. The Labute approximate surface area is 173 Å². The topological polar surface area (TPSA) is 33.7 Å². The number of allylic oxidation sites excluding steroid dienone is 2. The molecule has 2 aromatic carbocycles. The van der Waals surface area contributed by atoms with Crippen molar-refractivity contribution in [3.8, 4) is 5.75 Å². The van der Waals surface area contributed by atoms with Crippen molar-refractivity contribution in [2.24, 2.45) is 5.92 Å². The first-order valence-electron chi connectivity index (χ1n) is 10.8. The number of anilines is 2. The van der Waals surface area contributed by atoms with Gasteiger partial charge in [-0.1, -0.05) is 36.4 Å². The van der Waals surface area contributed by atoms with Gasteiger partial charge in [-0.3, -0.25) is 0 Å². The van der Waals surface area contributed by atoms with Gasteiger partial charge in [0.25, 0.3) is 0 Å². The minimum absolute atomic E-state index is 0.225. The van der Waals surface area contributed by atoms with Crippen LogP contribution in [0.4, 0.5) is 11.4 Å². The Morgan fingerprint density at radius 2 is 2.00 bits per heavy atom. The van der Waals surface area contributed by atoms with E-state index in [1.165, 1.54) is 16.8 Å². The molecule has 5 rings (SSSR count). The van der Waals surface area contributed by atoms with Crippen LogP contribution in [0.15, 0.2) is 54.6 Å². The van der Waals surface area contributed by atoms with E-state index < -0.39 is 0 Å². The summed E-state index contributed by atoms with van der Waals surface area (Å²) in [4.78, 5) is 2.14. The Hall–Kier alpha value is -2.46. The quantitative estimate of drug-likeness (QED) is 0.717. The van der Waals surface area contributed by atoms with E-state index in [1.807, 2.05) is 0 Å². The van der Waals surface area contributed by atoms with Crippen LogP contribution in [0, 0.1) is 5.92 Å². The lowest BCUT2D eigenvalue weighted by Crippen LogP contribution is -2.29. The molecule has 0 saturated carbocycles. The maximum Gasteiger partial charge on any atom is 0.142 e. The Morgan fingerprint density at radius 3 is 2.76 bits per heavy atom. The minimum Gasteiger partial charge on any atom is -0.489 e. The Balaban J connectivity index is 1.44. The lowest BCUT2D eigenvalue weighted by molar-refractivity contribution is 0.0681. The van der Waals surface area contributed by atoms with E-state index in [0.717, 1.165) is 37.3 Å². The zero-order valence-electron chi connectivity index (χ0n) is 17.3. The summed E-state index contributed by atoms with van der Waals surface area (Å²) in [6, 6.07) is 15.7. The van der Waals surface area contributed by atoms with Gasteiger partial charge in [-0.25, -0.2) is 0 Å². The number of nitrogens with zero attached hydrogens (tertiary/aromatic N) is 1. The molecule has 1 fully saturated rings. The Bertz CT molecular complexity index is 884. The highest BCUT2D eigenvalue weighted by Gasteiger charge is 2.39. The number of benzene rings is 2. The second-order valence-corrected chi connectivity index (χ2v) is 8.63. The molecule has 4 unspecified atom stereocenters. The molecule has 2 aromatic rings. The summed E-state index contributed by atoms with van der Waals surface area (Å²) in [5.41, 5.74) is 5.08. The molecule has 1 aliphatic carbocycles. The summed E-state index contributed by atoms with van der Waals surface area (Å²) in [6.07, 6.45) is 8.29. The van der Waals surface area contributed by atoms with Gasteiger partial charge in [-0.05, 0) is 54.5 Å². The zero-order chi connectivity index (χ0) is 19.8. The molecule has 2 aliphatic heterocycles. The molecule has 0 aromatic heterocycles. The molecule has 2 heterocycles. The summed E-state index contributed by atoms with van der Waals surface area (Å²) >= 11 is 0. The van der Waals surface area contributed by atoms with Crippen LogP contribution in [-0.4, -0.2) is 33.4 Å². The fraction of sp³-hybridized carbons (Fsp3) is 0.440. The van der Waals surface area contributed by atoms with Crippen LogP contribution in [0.2, 0.25) is 0 Å². The van der Waals surface area contributed by atoms with Crippen molar-refractivity contribution in [2.75, 3.05) is 37.5 Å². The highest BCUT2D eigenvalue weighted by Crippen LogP contribution is 2.52. The van der Waals surface area contributed by atoms with Crippen LogP contribution in [-0.2, 0) is 4.74 Å². The average Bonchev–Trinajstić information content (AvgIpc) is 3.44. The monoisotopic (exact) mass is 390 g/mol. The van der Waals surface area contributed by atoms with Crippen LogP contribution in [0.1, 0.15) is 42.3 Å². The molecule has 1 N–H and O–H groups in total. The van der Waals surface area contributed by atoms with E-state index >= 15 is 0 Å². The van der Waals surface area contributed by atoms with E-state index in [9.17, 15) is 0 Å². The summed E-state index contributed by atoms with van der Waals surface area (Å²) < 4.78 is 12.0. The van der Waals surface area contributed by atoms with E-state index in [-0.39, 0.29) is 12.1 Å². The number of ether oxygens (including phenoxy) is 2. The molecule has 0 spiro atoms. The highest BCUT2D eigenvalue weighted by molar-refractivity contribution is 5.68. The normalized spacial score (nSPS) is 27.2. The molecular formula is C25H30N2O2. The minimum atomic E-state index is 0.225. The van der Waals surface area contributed by atoms with Gasteiger partial charge < -0.3 is 19.7 Å². The maximum atomic E-state index is 6.25. The molecule has 0 bridgehead atoms. The fourth-order valence-corrected chi connectivity index (χ4v) is 4.98. The van der Waals surface area contributed by atoms with E-state index in [0.29, 0.717) is 18.4 Å². The molecule has 29 heavy (non-hydrogen) atoms.